The number of halogens is 1. The summed E-state index contributed by atoms with van der Waals surface area (Å²) in [6, 6.07) is 12.9. The molecule has 142 valence electrons. The van der Waals surface area contributed by atoms with E-state index in [2.05, 4.69) is 9.88 Å². The Morgan fingerprint density at radius 3 is 2.63 bits per heavy atom. The molecule has 0 bridgehead atoms. The van der Waals surface area contributed by atoms with E-state index in [4.69, 9.17) is 22.3 Å². The molecule has 2 aromatic carbocycles. The third kappa shape index (κ3) is 4.45. The van der Waals surface area contributed by atoms with Crippen molar-refractivity contribution in [2.75, 3.05) is 6.54 Å². The van der Waals surface area contributed by atoms with Gasteiger partial charge >= 0.3 is 0 Å². The van der Waals surface area contributed by atoms with Gasteiger partial charge in [-0.2, -0.15) is 0 Å². The highest BCUT2D eigenvalue weighted by molar-refractivity contribution is 7.89. The highest BCUT2D eigenvalue weighted by Crippen LogP contribution is 2.20. The molecule has 4 N–H and O–H groups in total. The van der Waals surface area contributed by atoms with E-state index >= 15 is 0 Å². The normalized spacial score (nSPS) is 16.5. The monoisotopic (exact) mass is 408 g/mol. The van der Waals surface area contributed by atoms with Crippen LogP contribution in [0.25, 0.3) is 0 Å². The van der Waals surface area contributed by atoms with Gasteiger partial charge in [0, 0.05) is 11.4 Å². The van der Waals surface area contributed by atoms with Gasteiger partial charge in [0.15, 0.2) is 0 Å². The molecule has 0 spiro atoms. The SMILES string of the molecule is NNC(=O)c1ccccc1S(=O)(=O)NCC1CC(c2ccc(Cl)cc2)=NO1. The average molecular weight is 409 g/mol. The number of rotatable bonds is 6. The molecule has 0 aliphatic carbocycles. The summed E-state index contributed by atoms with van der Waals surface area (Å²) in [5.74, 6) is 4.42. The van der Waals surface area contributed by atoms with Crippen molar-refractivity contribution >= 4 is 33.2 Å². The summed E-state index contributed by atoms with van der Waals surface area (Å²) >= 11 is 5.87. The van der Waals surface area contributed by atoms with Crippen molar-refractivity contribution in [1.29, 1.82) is 0 Å². The highest BCUT2D eigenvalue weighted by atomic mass is 35.5. The van der Waals surface area contributed by atoms with Crippen molar-refractivity contribution in [3.8, 4) is 0 Å². The van der Waals surface area contributed by atoms with Crippen LogP contribution < -0.4 is 16.0 Å². The minimum absolute atomic E-state index is 0.00149. The van der Waals surface area contributed by atoms with Crippen LogP contribution in [-0.4, -0.2) is 32.7 Å². The highest BCUT2D eigenvalue weighted by Gasteiger charge is 2.26. The van der Waals surface area contributed by atoms with Crippen LogP contribution in [0.3, 0.4) is 0 Å². The van der Waals surface area contributed by atoms with Gasteiger partial charge in [0.2, 0.25) is 10.0 Å². The topological polar surface area (TPSA) is 123 Å². The standard InChI is InChI=1S/C17H17ClN4O4S/c18-12-7-5-11(6-8-12)15-9-13(26-22-15)10-20-27(24,25)16-4-2-1-3-14(16)17(23)21-19/h1-8,13,20H,9-10,19H2,(H,21,23). The third-order valence-electron chi connectivity index (χ3n) is 3.96. The van der Waals surface area contributed by atoms with E-state index in [1.165, 1.54) is 18.2 Å². The molecule has 1 aliphatic rings. The number of nitrogen functional groups attached to an aromatic ring is 1. The maximum atomic E-state index is 12.6. The fraction of sp³-hybridized carbons (Fsp3) is 0.176. The van der Waals surface area contributed by atoms with E-state index in [0.29, 0.717) is 17.2 Å². The first-order valence-electron chi connectivity index (χ1n) is 7.99. The Kier molecular flexibility index (Phi) is 5.76. The van der Waals surface area contributed by atoms with E-state index in [9.17, 15) is 13.2 Å². The second kappa shape index (κ2) is 8.05. The Balaban J connectivity index is 1.66. The van der Waals surface area contributed by atoms with Crippen LogP contribution in [0.1, 0.15) is 22.3 Å². The molecule has 2 aromatic rings. The smallest absolute Gasteiger partial charge is 0.266 e. The van der Waals surface area contributed by atoms with Crippen molar-refractivity contribution in [3.05, 3.63) is 64.7 Å². The quantitative estimate of drug-likeness (QED) is 0.379. The maximum Gasteiger partial charge on any atom is 0.266 e. The first-order chi connectivity index (χ1) is 12.9. The summed E-state index contributed by atoms with van der Waals surface area (Å²) in [7, 11) is -3.94. The summed E-state index contributed by atoms with van der Waals surface area (Å²) in [6.07, 6.45) is -0.0179. The number of hydrogen-bond donors (Lipinski definition) is 3. The van der Waals surface area contributed by atoms with Gasteiger partial charge in [-0.05, 0) is 29.8 Å². The molecule has 1 unspecified atom stereocenters. The lowest BCUT2D eigenvalue weighted by Crippen LogP contribution is -2.35. The fourth-order valence-corrected chi connectivity index (χ4v) is 3.99. The van der Waals surface area contributed by atoms with Crippen LogP contribution in [-0.2, 0) is 14.9 Å². The van der Waals surface area contributed by atoms with Gasteiger partial charge in [0.05, 0.1) is 22.7 Å². The second-order valence-corrected chi connectivity index (χ2v) is 7.97. The zero-order chi connectivity index (χ0) is 19.4. The van der Waals surface area contributed by atoms with E-state index in [0.717, 1.165) is 5.56 Å². The number of nitrogens with two attached hydrogens (primary N) is 1. The van der Waals surface area contributed by atoms with Crippen molar-refractivity contribution < 1.29 is 18.0 Å². The van der Waals surface area contributed by atoms with Crippen molar-refractivity contribution in [1.82, 2.24) is 10.1 Å². The third-order valence-corrected chi connectivity index (χ3v) is 5.70. The second-order valence-electron chi connectivity index (χ2n) is 5.80. The number of sulfonamides is 1. The number of benzene rings is 2. The first-order valence-corrected chi connectivity index (χ1v) is 9.85. The summed E-state index contributed by atoms with van der Waals surface area (Å²) < 4.78 is 27.6. The number of oxime groups is 1. The number of amides is 1. The maximum absolute atomic E-state index is 12.6. The van der Waals surface area contributed by atoms with E-state index in [1.54, 1.807) is 18.2 Å². The van der Waals surface area contributed by atoms with Crippen molar-refractivity contribution in [3.63, 3.8) is 0 Å². The summed E-state index contributed by atoms with van der Waals surface area (Å²) in [5.41, 5.74) is 3.46. The first kappa shape index (κ1) is 19.3. The van der Waals surface area contributed by atoms with Gasteiger partial charge < -0.3 is 4.84 Å². The van der Waals surface area contributed by atoms with Crippen LogP contribution in [0.2, 0.25) is 5.02 Å². The Bertz CT molecular complexity index is 977. The fourth-order valence-electron chi connectivity index (χ4n) is 2.60. The minimum atomic E-state index is -3.94. The average Bonchev–Trinajstić information content (AvgIpc) is 3.15. The lowest BCUT2D eigenvalue weighted by Gasteiger charge is -2.13. The molecule has 0 fully saturated rings. The Morgan fingerprint density at radius 1 is 1.22 bits per heavy atom. The molecule has 0 saturated heterocycles. The summed E-state index contributed by atoms with van der Waals surface area (Å²) in [6.45, 7) is 0.00149. The largest absolute Gasteiger partial charge is 0.390 e. The molecule has 0 radical (unpaired) electrons. The molecule has 0 aromatic heterocycles. The predicted molar refractivity (Wildman–Crippen MR) is 101 cm³/mol. The number of nitrogens with zero attached hydrogens (tertiary/aromatic N) is 1. The molecule has 10 heteroatoms. The van der Waals surface area contributed by atoms with Gasteiger partial charge in [-0.3, -0.25) is 10.2 Å². The van der Waals surface area contributed by atoms with Crippen LogP contribution in [0.15, 0.2) is 58.6 Å². The Labute approximate surface area is 161 Å². The minimum Gasteiger partial charge on any atom is -0.390 e. The molecule has 27 heavy (non-hydrogen) atoms. The van der Waals surface area contributed by atoms with Crippen LogP contribution in [0.5, 0.6) is 0 Å². The molecule has 1 heterocycles. The van der Waals surface area contributed by atoms with Gasteiger partial charge in [-0.25, -0.2) is 19.0 Å². The van der Waals surface area contributed by atoms with Crippen LogP contribution >= 0.6 is 11.6 Å². The molecule has 0 saturated carbocycles. The number of hydrogen-bond acceptors (Lipinski definition) is 6. The molecule has 8 nitrogen and oxygen atoms in total. The van der Waals surface area contributed by atoms with E-state index < -0.39 is 22.0 Å². The van der Waals surface area contributed by atoms with Crippen LogP contribution in [0.4, 0.5) is 0 Å². The number of hydrazine groups is 1. The van der Waals surface area contributed by atoms with E-state index in [-0.39, 0.29) is 17.0 Å². The Hall–Kier alpha value is -2.46. The van der Waals surface area contributed by atoms with Gasteiger partial charge in [-0.1, -0.05) is 41.0 Å². The zero-order valence-corrected chi connectivity index (χ0v) is 15.6. The lowest BCUT2D eigenvalue weighted by atomic mass is 10.1. The predicted octanol–water partition coefficient (Wildman–Crippen LogP) is 1.41. The number of carbonyl (C=O) groups is 1. The molecule has 1 amide bonds. The van der Waals surface area contributed by atoms with Crippen molar-refractivity contribution in [2.45, 2.75) is 17.4 Å². The van der Waals surface area contributed by atoms with Gasteiger partial charge in [0.25, 0.3) is 5.91 Å². The number of carbonyl (C=O) groups excluding carboxylic acids is 1. The van der Waals surface area contributed by atoms with E-state index in [1.807, 2.05) is 17.6 Å². The molecular formula is C17H17ClN4O4S. The Morgan fingerprint density at radius 2 is 1.93 bits per heavy atom. The van der Waals surface area contributed by atoms with Gasteiger partial charge in [-0.15, -0.1) is 0 Å². The lowest BCUT2D eigenvalue weighted by molar-refractivity contribution is 0.0891. The number of nitrogens with one attached hydrogen (secondary N) is 2. The molecule has 3 rings (SSSR count). The molecule has 1 atom stereocenters. The summed E-state index contributed by atoms with van der Waals surface area (Å²) in [4.78, 5) is 16.9. The van der Waals surface area contributed by atoms with Crippen molar-refractivity contribution in [2.24, 2.45) is 11.0 Å². The van der Waals surface area contributed by atoms with Crippen LogP contribution in [0, 0.1) is 0 Å². The zero-order valence-electron chi connectivity index (χ0n) is 14.1. The van der Waals surface area contributed by atoms with Gasteiger partial charge in [0.1, 0.15) is 6.10 Å². The molecular weight excluding hydrogens is 392 g/mol. The summed E-state index contributed by atoms with van der Waals surface area (Å²) in [5, 5.41) is 4.62. The molecule has 1 aliphatic heterocycles.